The van der Waals surface area contributed by atoms with E-state index in [4.69, 9.17) is 4.74 Å². The first-order valence-corrected chi connectivity index (χ1v) is 34.5. The molecule has 0 bridgehead atoms. The second-order valence-electron chi connectivity index (χ2n) is 23.9. The van der Waals surface area contributed by atoms with Crippen molar-refractivity contribution in [3.63, 3.8) is 0 Å². The van der Waals surface area contributed by atoms with Crippen LogP contribution in [0.4, 0.5) is 0 Å². The van der Waals surface area contributed by atoms with Gasteiger partial charge in [-0.3, -0.25) is 9.59 Å². The number of nitrogens with one attached hydrogen (secondary N) is 1. The average Bonchev–Trinajstić information content (AvgIpc) is 3.41. The topological polar surface area (TPSA) is 95.9 Å². The fraction of sp³-hybridized carbons (Fsp3) is 0.942. The predicted molar refractivity (Wildman–Crippen MR) is 329 cm³/mol. The highest BCUT2D eigenvalue weighted by Crippen LogP contribution is 2.19. The number of allylic oxidation sites excluding steroid dienone is 1. The number of carbonyl (C=O) groups excluding carboxylic acids is 2. The summed E-state index contributed by atoms with van der Waals surface area (Å²) >= 11 is 0. The first-order valence-electron chi connectivity index (χ1n) is 34.5. The molecule has 446 valence electrons. The highest BCUT2D eigenvalue weighted by molar-refractivity contribution is 5.76. The maximum absolute atomic E-state index is 12.4. The molecule has 6 heteroatoms. The summed E-state index contributed by atoms with van der Waals surface area (Å²) in [6.45, 7) is 4.92. The Morgan fingerprint density at radius 3 is 0.907 bits per heavy atom. The number of amides is 1. The number of rotatable bonds is 65. The van der Waals surface area contributed by atoms with Crippen LogP contribution in [0, 0.1) is 0 Å². The Balaban J connectivity index is 3.28. The second kappa shape index (κ2) is 65.1. The molecular formula is C69H135NO5. The van der Waals surface area contributed by atoms with Crippen LogP contribution in [-0.4, -0.2) is 47.4 Å². The molecule has 0 aliphatic carbocycles. The molecule has 75 heavy (non-hydrogen) atoms. The van der Waals surface area contributed by atoms with Crippen molar-refractivity contribution in [2.24, 2.45) is 0 Å². The molecule has 2 atom stereocenters. The SMILES string of the molecule is CCCCCCCCCC/C=C/C(O)C(CO)NC(=O)CCCCCCCCCCCCCCCCCCCCCCCCCCCCCCCCCCCOC(=O)CCCCCCCCCCCCCCCCC. The number of aliphatic hydroxyl groups excluding tert-OH is 2. The zero-order valence-electron chi connectivity index (χ0n) is 51.1. The summed E-state index contributed by atoms with van der Waals surface area (Å²) in [5.41, 5.74) is 0. The summed E-state index contributed by atoms with van der Waals surface area (Å²) in [6.07, 6.45) is 80.2. The van der Waals surface area contributed by atoms with Crippen molar-refractivity contribution < 1.29 is 24.5 Å². The number of ether oxygens (including phenoxy) is 1. The fourth-order valence-electron chi connectivity index (χ4n) is 11.1. The maximum atomic E-state index is 12.4. The van der Waals surface area contributed by atoms with Crippen LogP contribution in [0.2, 0.25) is 0 Å². The minimum Gasteiger partial charge on any atom is -0.466 e. The molecule has 0 aromatic carbocycles. The number of esters is 1. The quantitative estimate of drug-likeness (QED) is 0.0320. The lowest BCUT2D eigenvalue weighted by atomic mass is 10.0. The summed E-state index contributed by atoms with van der Waals surface area (Å²) in [7, 11) is 0. The van der Waals surface area contributed by atoms with E-state index in [-0.39, 0.29) is 18.5 Å². The van der Waals surface area contributed by atoms with E-state index in [0.717, 1.165) is 38.5 Å². The number of hydrogen-bond acceptors (Lipinski definition) is 5. The molecule has 0 aromatic rings. The first-order chi connectivity index (χ1) is 37.0. The van der Waals surface area contributed by atoms with Crippen LogP contribution >= 0.6 is 0 Å². The van der Waals surface area contributed by atoms with Gasteiger partial charge in [-0.15, -0.1) is 0 Å². The molecule has 3 N–H and O–H groups in total. The molecule has 6 nitrogen and oxygen atoms in total. The molecule has 0 radical (unpaired) electrons. The van der Waals surface area contributed by atoms with Gasteiger partial charge in [0.05, 0.1) is 25.4 Å². The predicted octanol–water partition coefficient (Wildman–Crippen LogP) is 22.0. The fourth-order valence-corrected chi connectivity index (χ4v) is 11.1. The van der Waals surface area contributed by atoms with Gasteiger partial charge in [0.2, 0.25) is 5.91 Å². The molecule has 0 aromatic heterocycles. The highest BCUT2D eigenvalue weighted by Gasteiger charge is 2.18. The van der Waals surface area contributed by atoms with Crippen LogP contribution in [0.1, 0.15) is 393 Å². The standard InChI is InChI=1S/C69H135NO5/c1-3-5-7-9-11-13-15-16-36-40-43-47-51-55-59-63-69(74)75-64-60-56-52-48-44-41-38-35-33-31-29-27-25-23-21-19-17-18-20-22-24-26-28-30-32-34-37-39-42-46-50-54-58-62-68(73)70-66(65-71)67(72)61-57-53-49-45-14-12-10-8-6-4-2/h57,61,66-67,71-72H,3-56,58-60,62-65H2,1-2H3,(H,70,73)/b61-57+. The average molecular weight is 1060 g/mol. The summed E-state index contributed by atoms with van der Waals surface area (Å²) in [5.74, 6) is -0.0382. The van der Waals surface area contributed by atoms with Crippen LogP contribution in [0.15, 0.2) is 12.2 Å². The van der Waals surface area contributed by atoms with E-state index in [2.05, 4.69) is 19.2 Å². The molecule has 0 aliphatic heterocycles. The summed E-state index contributed by atoms with van der Waals surface area (Å²) in [4.78, 5) is 24.5. The number of unbranched alkanes of at least 4 members (excludes halogenated alkanes) is 54. The molecule has 2 unspecified atom stereocenters. The van der Waals surface area contributed by atoms with E-state index in [1.807, 2.05) is 6.08 Å². The van der Waals surface area contributed by atoms with Gasteiger partial charge in [-0.25, -0.2) is 0 Å². The van der Waals surface area contributed by atoms with E-state index >= 15 is 0 Å². The van der Waals surface area contributed by atoms with Gasteiger partial charge in [-0.05, 0) is 32.1 Å². The van der Waals surface area contributed by atoms with Gasteiger partial charge in [0, 0.05) is 12.8 Å². The van der Waals surface area contributed by atoms with Crippen molar-refractivity contribution in [1.29, 1.82) is 0 Å². The third-order valence-electron chi connectivity index (χ3n) is 16.3. The van der Waals surface area contributed by atoms with Gasteiger partial charge in [-0.1, -0.05) is 360 Å². The van der Waals surface area contributed by atoms with Crippen LogP contribution in [0.3, 0.4) is 0 Å². The molecule has 0 spiro atoms. The van der Waals surface area contributed by atoms with Crippen molar-refractivity contribution in [2.75, 3.05) is 13.2 Å². The Hall–Kier alpha value is -1.40. The Kier molecular flexibility index (Phi) is 63.9. The van der Waals surface area contributed by atoms with E-state index in [1.165, 1.54) is 327 Å². The van der Waals surface area contributed by atoms with Crippen molar-refractivity contribution >= 4 is 11.9 Å². The van der Waals surface area contributed by atoms with Crippen LogP contribution in [0.5, 0.6) is 0 Å². The third kappa shape index (κ3) is 61.7. The van der Waals surface area contributed by atoms with Gasteiger partial charge >= 0.3 is 5.97 Å². The lowest BCUT2D eigenvalue weighted by molar-refractivity contribution is -0.143. The lowest BCUT2D eigenvalue weighted by Crippen LogP contribution is -2.45. The molecular weight excluding hydrogens is 923 g/mol. The van der Waals surface area contributed by atoms with Crippen molar-refractivity contribution in [3.8, 4) is 0 Å². The Morgan fingerprint density at radius 2 is 0.613 bits per heavy atom. The van der Waals surface area contributed by atoms with E-state index < -0.39 is 12.1 Å². The Bertz CT molecular complexity index is 1130. The second-order valence-corrected chi connectivity index (χ2v) is 23.9. The number of aliphatic hydroxyl groups is 2. The largest absolute Gasteiger partial charge is 0.466 e. The summed E-state index contributed by atoms with van der Waals surface area (Å²) in [5, 5.41) is 23.0. The zero-order chi connectivity index (χ0) is 54.3. The lowest BCUT2D eigenvalue weighted by Gasteiger charge is -2.20. The molecule has 0 saturated carbocycles. The summed E-state index contributed by atoms with van der Waals surface area (Å²) < 4.78 is 5.50. The van der Waals surface area contributed by atoms with Gasteiger partial charge in [0.15, 0.2) is 0 Å². The van der Waals surface area contributed by atoms with Crippen LogP contribution in [-0.2, 0) is 14.3 Å². The van der Waals surface area contributed by atoms with E-state index in [0.29, 0.717) is 19.4 Å². The smallest absolute Gasteiger partial charge is 0.305 e. The molecule has 1 amide bonds. The van der Waals surface area contributed by atoms with Gasteiger partial charge in [0.25, 0.3) is 0 Å². The molecule has 0 heterocycles. The minimum atomic E-state index is -0.838. The Morgan fingerprint density at radius 1 is 0.360 bits per heavy atom. The number of hydrogen-bond donors (Lipinski definition) is 3. The van der Waals surface area contributed by atoms with Crippen molar-refractivity contribution in [2.45, 2.75) is 405 Å². The summed E-state index contributed by atoms with van der Waals surface area (Å²) in [6, 6.07) is -0.621. The minimum absolute atomic E-state index is 0.0250. The zero-order valence-corrected chi connectivity index (χ0v) is 51.1. The normalized spacial score (nSPS) is 12.5. The van der Waals surface area contributed by atoms with Crippen molar-refractivity contribution in [1.82, 2.24) is 5.32 Å². The van der Waals surface area contributed by atoms with Gasteiger partial charge in [0.1, 0.15) is 0 Å². The monoisotopic (exact) mass is 1060 g/mol. The first kappa shape index (κ1) is 73.6. The van der Waals surface area contributed by atoms with Crippen LogP contribution in [0.25, 0.3) is 0 Å². The van der Waals surface area contributed by atoms with Gasteiger partial charge < -0.3 is 20.3 Å². The van der Waals surface area contributed by atoms with E-state index in [1.54, 1.807) is 6.08 Å². The third-order valence-corrected chi connectivity index (χ3v) is 16.3. The molecule has 0 fully saturated rings. The Labute approximate surface area is 469 Å². The molecule has 0 saturated heterocycles. The maximum Gasteiger partial charge on any atom is 0.305 e. The molecule has 0 aliphatic rings. The van der Waals surface area contributed by atoms with Crippen molar-refractivity contribution in [3.05, 3.63) is 12.2 Å². The van der Waals surface area contributed by atoms with E-state index in [9.17, 15) is 19.8 Å². The van der Waals surface area contributed by atoms with Gasteiger partial charge in [-0.2, -0.15) is 0 Å². The number of carbonyl (C=O) groups is 2. The highest BCUT2D eigenvalue weighted by atomic mass is 16.5. The van der Waals surface area contributed by atoms with Crippen LogP contribution < -0.4 is 5.32 Å². The molecule has 0 rings (SSSR count).